The van der Waals surface area contributed by atoms with Gasteiger partial charge in [-0.2, -0.15) is 0 Å². The molecule has 0 aromatic carbocycles. The Hall–Kier alpha value is -2.12. The molecule has 1 unspecified atom stereocenters. The highest BCUT2D eigenvalue weighted by Gasteiger charge is 2.31. The normalized spacial score (nSPS) is 12.6. The zero-order valence-electron chi connectivity index (χ0n) is 16.7. The number of hydrogen-bond acceptors (Lipinski definition) is 7. The van der Waals surface area contributed by atoms with E-state index in [-0.39, 0.29) is 32.4 Å². The molecule has 0 bridgehead atoms. The van der Waals surface area contributed by atoms with Crippen LogP contribution in [0.15, 0.2) is 37.1 Å². The maximum atomic E-state index is 11.7. The van der Waals surface area contributed by atoms with E-state index in [0.717, 1.165) is 0 Å². The Labute approximate surface area is 161 Å². The fourth-order valence-corrected chi connectivity index (χ4v) is 1.89. The largest absolute Gasteiger partial charge is 0.492 e. The van der Waals surface area contributed by atoms with E-state index in [0.29, 0.717) is 37.6 Å². The van der Waals surface area contributed by atoms with Crippen molar-refractivity contribution in [1.82, 2.24) is 0 Å². The molecule has 0 heterocycles. The number of allylic oxidation sites excluding steroid dienone is 1. The molecule has 7 heteroatoms. The lowest BCUT2D eigenvalue weighted by Crippen LogP contribution is -2.38. The highest BCUT2D eigenvalue weighted by atomic mass is 16.6. The van der Waals surface area contributed by atoms with E-state index in [1.807, 2.05) is 6.92 Å². The van der Waals surface area contributed by atoms with Crippen molar-refractivity contribution in [2.75, 3.05) is 46.2 Å². The van der Waals surface area contributed by atoms with E-state index in [4.69, 9.17) is 23.7 Å². The maximum Gasteiger partial charge on any atom is 0.333 e. The summed E-state index contributed by atoms with van der Waals surface area (Å²) in [7, 11) is 0. The van der Waals surface area contributed by atoms with Crippen LogP contribution >= 0.6 is 0 Å². The van der Waals surface area contributed by atoms with Crippen LogP contribution in [0.3, 0.4) is 0 Å². The van der Waals surface area contributed by atoms with Gasteiger partial charge in [0, 0.05) is 12.5 Å². The third kappa shape index (κ3) is 12.0. The molecule has 7 nitrogen and oxygen atoms in total. The van der Waals surface area contributed by atoms with Crippen molar-refractivity contribution in [2.24, 2.45) is 5.41 Å². The lowest BCUT2D eigenvalue weighted by molar-refractivity contribution is -0.150. The Morgan fingerprint density at radius 1 is 0.889 bits per heavy atom. The molecule has 0 aromatic rings. The standard InChI is InChI=1S/C20H32O7/c1-7-17(5)25-11-9-23-13-20(8-2,15-27-19(22)16(3)4)14-24-10-12-26-18(6)21/h7H,1,3,5,8-15H2,2,4,6H3. The first-order valence-corrected chi connectivity index (χ1v) is 8.82. The highest BCUT2D eigenvalue weighted by molar-refractivity contribution is 5.86. The van der Waals surface area contributed by atoms with Crippen LogP contribution in [0.2, 0.25) is 0 Å². The van der Waals surface area contributed by atoms with E-state index in [1.54, 1.807) is 6.92 Å². The smallest absolute Gasteiger partial charge is 0.333 e. The number of rotatable bonds is 16. The molecule has 0 amide bonds. The maximum absolute atomic E-state index is 11.7. The highest BCUT2D eigenvalue weighted by Crippen LogP contribution is 2.24. The Balaban J connectivity index is 4.60. The third-order valence-corrected chi connectivity index (χ3v) is 3.70. The second kappa shape index (κ2) is 14.0. The molecule has 0 N–H and O–H groups in total. The first-order valence-electron chi connectivity index (χ1n) is 8.82. The molecule has 154 valence electrons. The summed E-state index contributed by atoms with van der Waals surface area (Å²) in [5.41, 5.74) is -0.204. The third-order valence-electron chi connectivity index (χ3n) is 3.70. The molecule has 0 radical (unpaired) electrons. The van der Waals surface area contributed by atoms with Crippen LogP contribution in [-0.4, -0.2) is 58.2 Å². The summed E-state index contributed by atoms with van der Waals surface area (Å²) in [6.07, 6.45) is 2.18. The number of ether oxygens (including phenoxy) is 5. The SMILES string of the molecule is C=CC(=C)OCCOCC(CC)(COCCOC(C)=O)COC(=O)C(=C)C. The predicted octanol–water partition coefficient (Wildman–Crippen LogP) is 2.81. The van der Waals surface area contributed by atoms with Crippen molar-refractivity contribution in [1.29, 1.82) is 0 Å². The summed E-state index contributed by atoms with van der Waals surface area (Å²) < 4.78 is 26.8. The first-order chi connectivity index (χ1) is 12.8. The van der Waals surface area contributed by atoms with E-state index in [1.165, 1.54) is 13.0 Å². The van der Waals surface area contributed by atoms with E-state index in [2.05, 4.69) is 19.7 Å². The van der Waals surface area contributed by atoms with Gasteiger partial charge in [-0.25, -0.2) is 4.79 Å². The second-order valence-electron chi connectivity index (χ2n) is 6.17. The van der Waals surface area contributed by atoms with Crippen LogP contribution in [0.25, 0.3) is 0 Å². The van der Waals surface area contributed by atoms with Gasteiger partial charge in [0.25, 0.3) is 0 Å². The molecule has 1 atom stereocenters. The van der Waals surface area contributed by atoms with Gasteiger partial charge in [0.1, 0.15) is 25.6 Å². The van der Waals surface area contributed by atoms with Gasteiger partial charge < -0.3 is 23.7 Å². The van der Waals surface area contributed by atoms with Crippen molar-refractivity contribution in [2.45, 2.75) is 27.2 Å². The van der Waals surface area contributed by atoms with Crippen LogP contribution in [-0.2, 0) is 33.3 Å². The van der Waals surface area contributed by atoms with Gasteiger partial charge >= 0.3 is 11.9 Å². The molecule has 0 saturated carbocycles. The molecular weight excluding hydrogens is 352 g/mol. The van der Waals surface area contributed by atoms with Gasteiger partial charge in [0.2, 0.25) is 0 Å². The average Bonchev–Trinajstić information content (AvgIpc) is 2.63. The van der Waals surface area contributed by atoms with Gasteiger partial charge in [0.05, 0.1) is 31.8 Å². The molecule has 27 heavy (non-hydrogen) atoms. The Morgan fingerprint density at radius 3 is 1.89 bits per heavy atom. The van der Waals surface area contributed by atoms with Crippen molar-refractivity contribution < 1.29 is 33.3 Å². The summed E-state index contributed by atoms with van der Waals surface area (Å²) in [5, 5.41) is 0. The monoisotopic (exact) mass is 384 g/mol. The van der Waals surface area contributed by atoms with Gasteiger partial charge in [-0.3, -0.25) is 4.79 Å². The average molecular weight is 384 g/mol. The van der Waals surface area contributed by atoms with Crippen LogP contribution < -0.4 is 0 Å². The summed E-state index contributed by atoms with van der Waals surface area (Å²) in [5.74, 6) is -0.344. The minimum atomic E-state index is -0.531. The van der Waals surface area contributed by atoms with Crippen LogP contribution in [0.5, 0.6) is 0 Å². The minimum Gasteiger partial charge on any atom is -0.492 e. The molecule has 0 aliphatic carbocycles. The Kier molecular flexibility index (Phi) is 12.9. The molecule has 0 aliphatic rings. The van der Waals surface area contributed by atoms with E-state index >= 15 is 0 Å². The summed E-state index contributed by atoms with van der Waals surface area (Å²) >= 11 is 0. The Morgan fingerprint density at radius 2 is 1.44 bits per heavy atom. The number of esters is 2. The fourth-order valence-electron chi connectivity index (χ4n) is 1.89. The topological polar surface area (TPSA) is 80.3 Å². The fraction of sp³-hybridized carbons (Fsp3) is 0.600. The molecule has 0 fully saturated rings. The van der Waals surface area contributed by atoms with Crippen LogP contribution in [0.1, 0.15) is 27.2 Å². The van der Waals surface area contributed by atoms with Crippen LogP contribution in [0, 0.1) is 5.41 Å². The lowest BCUT2D eigenvalue weighted by Gasteiger charge is -2.31. The summed E-state index contributed by atoms with van der Waals surface area (Å²) in [6.45, 7) is 17.5. The molecule has 0 saturated heterocycles. The molecular formula is C20H32O7. The van der Waals surface area contributed by atoms with Crippen molar-refractivity contribution in [3.05, 3.63) is 37.1 Å². The first kappa shape index (κ1) is 24.9. The number of carbonyl (C=O) groups excluding carboxylic acids is 2. The van der Waals surface area contributed by atoms with Crippen LogP contribution in [0.4, 0.5) is 0 Å². The lowest BCUT2D eigenvalue weighted by atomic mass is 9.88. The van der Waals surface area contributed by atoms with Crippen molar-refractivity contribution in [3.63, 3.8) is 0 Å². The zero-order valence-corrected chi connectivity index (χ0v) is 16.7. The summed E-state index contributed by atoms with van der Waals surface area (Å²) in [6, 6.07) is 0. The van der Waals surface area contributed by atoms with Gasteiger partial charge in [-0.15, -0.1) is 0 Å². The predicted molar refractivity (Wildman–Crippen MR) is 102 cm³/mol. The quantitative estimate of drug-likeness (QED) is 0.133. The summed E-state index contributed by atoms with van der Waals surface area (Å²) in [4.78, 5) is 22.5. The van der Waals surface area contributed by atoms with Gasteiger partial charge in [0.15, 0.2) is 0 Å². The minimum absolute atomic E-state index is 0.128. The molecule has 0 aliphatic heterocycles. The molecule has 0 spiro atoms. The molecule has 0 rings (SSSR count). The zero-order chi connectivity index (χ0) is 20.7. The van der Waals surface area contributed by atoms with Gasteiger partial charge in [-0.05, 0) is 19.4 Å². The van der Waals surface area contributed by atoms with E-state index in [9.17, 15) is 9.59 Å². The second-order valence-corrected chi connectivity index (χ2v) is 6.17. The van der Waals surface area contributed by atoms with Crippen molar-refractivity contribution >= 4 is 11.9 Å². The van der Waals surface area contributed by atoms with Crippen molar-refractivity contribution in [3.8, 4) is 0 Å². The number of hydrogen-bond donors (Lipinski definition) is 0. The van der Waals surface area contributed by atoms with Gasteiger partial charge in [-0.1, -0.05) is 26.7 Å². The number of carbonyl (C=O) groups is 2. The molecule has 0 aromatic heterocycles. The Bertz CT molecular complexity index is 512. The van der Waals surface area contributed by atoms with E-state index < -0.39 is 11.4 Å².